The van der Waals surface area contributed by atoms with Crippen LogP contribution in [0.15, 0.2) is 23.1 Å². The van der Waals surface area contributed by atoms with Crippen molar-refractivity contribution >= 4 is 21.6 Å². The molecule has 1 aromatic carbocycles. The lowest BCUT2D eigenvalue weighted by Gasteiger charge is -2.35. The van der Waals surface area contributed by atoms with Gasteiger partial charge < -0.3 is 0 Å². The van der Waals surface area contributed by atoms with E-state index < -0.39 is 22.2 Å². The third-order valence-electron chi connectivity index (χ3n) is 3.57. The fourth-order valence-electron chi connectivity index (χ4n) is 2.50. The summed E-state index contributed by atoms with van der Waals surface area (Å²) in [6.45, 7) is 1.41. The van der Waals surface area contributed by atoms with Gasteiger partial charge in [-0.1, -0.05) is 24.1 Å². The van der Waals surface area contributed by atoms with Crippen molar-refractivity contribution in [3.63, 3.8) is 0 Å². The van der Waals surface area contributed by atoms with E-state index in [1.54, 1.807) is 0 Å². The molecule has 0 N–H and O–H groups in total. The van der Waals surface area contributed by atoms with Crippen molar-refractivity contribution in [3.05, 3.63) is 28.8 Å². The number of benzene rings is 1. The van der Waals surface area contributed by atoms with Gasteiger partial charge in [-0.3, -0.25) is 0 Å². The molecule has 1 aromatic rings. The number of sulfonamides is 1. The summed E-state index contributed by atoms with van der Waals surface area (Å²) >= 11 is 5.78. The van der Waals surface area contributed by atoms with Crippen LogP contribution in [0.2, 0.25) is 5.02 Å². The normalized spacial score (nSPS) is 21.5. The Kier molecular flexibility index (Phi) is 4.56. The number of nitrogens with zero attached hydrogens (tertiary/aromatic N) is 1. The number of alkyl halides is 3. The van der Waals surface area contributed by atoms with Gasteiger partial charge >= 0.3 is 6.18 Å². The zero-order valence-electron chi connectivity index (χ0n) is 11.3. The standard InChI is InChI=1S/C13H15ClF3NO2S/c1-9-5-6-10(14)8-11(9)21(19,20)18-7-3-2-4-12(18)13(15,16)17/h5-6,8,12H,2-4,7H2,1H3. The Morgan fingerprint density at radius 2 is 1.95 bits per heavy atom. The highest BCUT2D eigenvalue weighted by molar-refractivity contribution is 7.89. The Morgan fingerprint density at radius 3 is 2.57 bits per heavy atom. The molecule has 0 radical (unpaired) electrons. The smallest absolute Gasteiger partial charge is 0.207 e. The van der Waals surface area contributed by atoms with Crippen molar-refractivity contribution in [2.45, 2.75) is 43.3 Å². The molecule has 0 spiro atoms. The highest BCUT2D eigenvalue weighted by Gasteiger charge is 2.49. The van der Waals surface area contributed by atoms with Gasteiger partial charge in [0, 0.05) is 11.6 Å². The summed E-state index contributed by atoms with van der Waals surface area (Å²) in [5, 5.41) is 0.180. The van der Waals surface area contributed by atoms with E-state index in [2.05, 4.69) is 0 Å². The quantitative estimate of drug-likeness (QED) is 0.821. The summed E-state index contributed by atoms with van der Waals surface area (Å²) in [7, 11) is -4.22. The number of rotatable bonds is 2. The second-order valence-corrected chi connectivity index (χ2v) is 7.37. The first-order valence-corrected chi connectivity index (χ1v) is 8.30. The van der Waals surface area contributed by atoms with E-state index in [-0.39, 0.29) is 22.9 Å². The third-order valence-corrected chi connectivity index (χ3v) is 5.85. The van der Waals surface area contributed by atoms with Gasteiger partial charge in [-0.25, -0.2) is 8.42 Å². The summed E-state index contributed by atoms with van der Waals surface area (Å²) in [6.07, 6.45) is -3.99. The van der Waals surface area contributed by atoms with E-state index in [1.165, 1.54) is 25.1 Å². The molecular formula is C13H15ClF3NO2S. The van der Waals surface area contributed by atoms with E-state index in [0.717, 1.165) is 0 Å². The average molecular weight is 342 g/mol. The Balaban J connectivity index is 2.48. The largest absolute Gasteiger partial charge is 0.405 e. The first-order valence-electron chi connectivity index (χ1n) is 6.49. The molecule has 0 aliphatic carbocycles. The fourth-order valence-corrected chi connectivity index (χ4v) is 4.67. The minimum atomic E-state index is -4.57. The number of hydrogen-bond donors (Lipinski definition) is 0. The molecule has 1 heterocycles. The molecule has 0 bridgehead atoms. The van der Waals surface area contributed by atoms with Crippen LogP contribution in [0.1, 0.15) is 24.8 Å². The van der Waals surface area contributed by atoms with Crippen LogP contribution in [0.4, 0.5) is 13.2 Å². The second kappa shape index (κ2) is 5.78. The van der Waals surface area contributed by atoms with Gasteiger partial charge in [0.25, 0.3) is 0 Å². The monoisotopic (exact) mass is 341 g/mol. The van der Waals surface area contributed by atoms with E-state index in [0.29, 0.717) is 22.7 Å². The molecule has 1 fully saturated rings. The van der Waals surface area contributed by atoms with E-state index in [4.69, 9.17) is 11.6 Å². The van der Waals surface area contributed by atoms with E-state index >= 15 is 0 Å². The van der Waals surface area contributed by atoms with Gasteiger partial charge in [0.15, 0.2) is 0 Å². The van der Waals surface area contributed by atoms with Crippen LogP contribution < -0.4 is 0 Å². The lowest BCUT2D eigenvalue weighted by molar-refractivity contribution is -0.177. The van der Waals surface area contributed by atoms with Gasteiger partial charge in [0.05, 0.1) is 4.90 Å². The molecule has 0 saturated carbocycles. The summed E-state index contributed by atoms with van der Waals surface area (Å²) in [5.74, 6) is 0. The molecule has 1 unspecified atom stereocenters. The Morgan fingerprint density at radius 1 is 1.29 bits per heavy atom. The van der Waals surface area contributed by atoms with Crippen molar-refractivity contribution in [1.82, 2.24) is 4.31 Å². The number of piperidine rings is 1. The van der Waals surface area contributed by atoms with Crippen LogP contribution in [-0.4, -0.2) is 31.5 Å². The molecule has 21 heavy (non-hydrogen) atoms. The predicted molar refractivity (Wildman–Crippen MR) is 73.8 cm³/mol. The Bertz CT molecular complexity index is 631. The molecule has 0 amide bonds. The van der Waals surface area contributed by atoms with Crippen molar-refractivity contribution < 1.29 is 21.6 Å². The fraction of sp³-hybridized carbons (Fsp3) is 0.538. The lowest BCUT2D eigenvalue weighted by atomic mass is 10.0. The maximum Gasteiger partial charge on any atom is 0.405 e. The molecule has 2 rings (SSSR count). The molecular weight excluding hydrogens is 327 g/mol. The Labute approximate surface area is 126 Å². The predicted octanol–water partition coefficient (Wildman–Crippen LogP) is 3.75. The molecule has 1 atom stereocenters. The van der Waals surface area contributed by atoms with Crippen LogP contribution in [0, 0.1) is 6.92 Å². The molecule has 1 aliphatic heterocycles. The minimum absolute atomic E-state index is 0.127. The number of hydrogen-bond acceptors (Lipinski definition) is 2. The van der Waals surface area contributed by atoms with Crippen LogP contribution in [0.5, 0.6) is 0 Å². The van der Waals surface area contributed by atoms with Crippen molar-refractivity contribution in [1.29, 1.82) is 0 Å². The third kappa shape index (κ3) is 3.35. The zero-order chi connectivity index (χ0) is 15.8. The van der Waals surface area contributed by atoms with Gasteiger partial charge in [-0.05, 0) is 37.5 Å². The second-order valence-electron chi connectivity index (χ2n) is 5.08. The molecule has 0 aromatic heterocycles. The van der Waals surface area contributed by atoms with E-state index in [1.807, 2.05) is 0 Å². The first kappa shape index (κ1) is 16.6. The first-order chi connectivity index (χ1) is 9.64. The summed E-state index contributed by atoms with van der Waals surface area (Å²) in [5.41, 5.74) is 0.380. The summed E-state index contributed by atoms with van der Waals surface area (Å²) < 4.78 is 65.0. The van der Waals surface area contributed by atoms with Crippen LogP contribution >= 0.6 is 11.6 Å². The molecule has 1 saturated heterocycles. The number of halogens is 4. The summed E-state index contributed by atoms with van der Waals surface area (Å²) in [6, 6.07) is 2.23. The SMILES string of the molecule is Cc1ccc(Cl)cc1S(=O)(=O)N1CCCCC1C(F)(F)F. The van der Waals surface area contributed by atoms with Crippen LogP contribution in [-0.2, 0) is 10.0 Å². The molecule has 1 aliphatic rings. The molecule has 3 nitrogen and oxygen atoms in total. The molecule has 8 heteroatoms. The van der Waals surface area contributed by atoms with Gasteiger partial charge in [-0.2, -0.15) is 17.5 Å². The molecule has 118 valence electrons. The van der Waals surface area contributed by atoms with Gasteiger partial charge in [0.1, 0.15) is 6.04 Å². The van der Waals surface area contributed by atoms with Crippen LogP contribution in [0.25, 0.3) is 0 Å². The van der Waals surface area contributed by atoms with Crippen LogP contribution in [0.3, 0.4) is 0 Å². The average Bonchev–Trinajstić information content (AvgIpc) is 2.40. The van der Waals surface area contributed by atoms with Crippen molar-refractivity contribution in [2.24, 2.45) is 0 Å². The maximum absolute atomic E-state index is 13.1. The van der Waals surface area contributed by atoms with Crippen molar-refractivity contribution in [3.8, 4) is 0 Å². The topological polar surface area (TPSA) is 37.4 Å². The van der Waals surface area contributed by atoms with Gasteiger partial charge in [0.2, 0.25) is 10.0 Å². The minimum Gasteiger partial charge on any atom is -0.207 e. The van der Waals surface area contributed by atoms with Gasteiger partial charge in [-0.15, -0.1) is 0 Å². The summed E-state index contributed by atoms with van der Waals surface area (Å²) in [4.78, 5) is -0.161. The van der Waals surface area contributed by atoms with Crippen molar-refractivity contribution in [2.75, 3.05) is 6.54 Å². The maximum atomic E-state index is 13.1. The zero-order valence-corrected chi connectivity index (χ0v) is 12.9. The lowest BCUT2D eigenvalue weighted by Crippen LogP contribution is -2.51. The van der Waals surface area contributed by atoms with E-state index in [9.17, 15) is 21.6 Å². The highest BCUT2D eigenvalue weighted by atomic mass is 35.5. The highest BCUT2D eigenvalue weighted by Crippen LogP contribution is 2.36. The number of aryl methyl sites for hydroxylation is 1. The Hall–Kier alpha value is -0.790.